The standard InChI is InChI=1S/C14H14N2O4S/c17-12-13(18)16(6-8-4-5-21-7-8)11-9(14(19)20)2-1-3-10(11)15-12/h1-3,8H,4-7H2,(H,15,17)(H,19,20). The molecule has 1 unspecified atom stereocenters. The van der Waals surface area contributed by atoms with Crippen LogP contribution in [-0.4, -0.2) is 32.1 Å². The monoisotopic (exact) mass is 306 g/mol. The Bertz CT molecular complexity index is 818. The highest BCUT2D eigenvalue weighted by molar-refractivity contribution is 7.99. The Balaban J connectivity index is 2.28. The van der Waals surface area contributed by atoms with Crippen LogP contribution in [0.4, 0.5) is 0 Å². The number of fused-ring (bicyclic) bond motifs is 1. The third kappa shape index (κ3) is 2.49. The second-order valence-corrected chi connectivity index (χ2v) is 6.26. The summed E-state index contributed by atoms with van der Waals surface area (Å²) < 4.78 is 1.33. The van der Waals surface area contributed by atoms with E-state index in [4.69, 9.17) is 0 Å². The number of hydrogen-bond donors (Lipinski definition) is 2. The zero-order chi connectivity index (χ0) is 15.0. The van der Waals surface area contributed by atoms with Crippen molar-refractivity contribution in [2.75, 3.05) is 11.5 Å². The number of nitrogens with zero attached hydrogens (tertiary/aromatic N) is 1. The van der Waals surface area contributed by atoms with Crippen LogP contribution in [0.3, 0.4) is 0 Å². The summed E-state index contributed by atoms with van der Waals surface area (Å²) in [5.41, 5.74) is -0.688. The molecule has 1 aromatic carbocycles. The molecule has 2 heterocycles. The quantitative estimate of drug-likeness (QED) is 0.830. The van der Waals surface area contributed by atoms with Gasteiger partial charge in [-0.05, 0) is 36.0 Å². The fourth-order valence-electron chi connectivity index (χ4n) is 2.67. The molecule has 0 saturated carbocycles. The molecular weight excluding hydrogens is 292 g/mol. The lowest BCUT2D eigenvalue weighted by Gasteiger charge is -2.15. The number of carboxylic acid groups (broad SMARTS) is 1. The van der Waals surface area contributed by atoms with E-state index in [-0.39, 0.29) is 5.56 Å². The van der Waals surface area contributed by atoms with E-state index in [2.05, 4.69) is 4.98 Å². The minimum atomic E-state index is -1.11. The van der Waals surface area contributed by atoms with Crippen molar-refractivity contribution >= 4 is 28.8 Å². The highest BCUT2D eigenvalue weighted by atomic mass is 32.2. The van der Waals surface area contributed by atoms with Crippen molar-refractivity contribution < 1.29 is 9.90 Å². The van der Waals surface area contributed by atoms with Gasteiger partial charge < -0.3 is 14.7 Å². The number of para-hydroxylation sites is 1. The number of aromatic nitrogens is 2. The number of aromatic carboxylic acids is 1. The molecule has 1 fully saturated rings. The lowest BCUT2D eigenvalue weighted by Crippen LogP contribution is -2.38. The SMILES string of the molecule is O=C(O)c1cccc2[nH]c(=O)c(=O)n(CC3CCSC3)c12. The van der Waals surface area contributed by atoms with Crippen LogP contribution in [0.15, 0.2) is 27.8 Å². The van der Waals surface area contributed by atoms with Crippen LogP contribution in [0.1, 0.15) is 16.8 Å². The first-order chi connectivity index (χ1) is 10.1. The number of aromatic amines is 1. The Kier molecular flexibility index (Phi) is 3.59. The molecule has 1 aliphatic rings. The Hall–Kier alpha value is -2.02. The number of benzene rings is 1. The van der Waals surface area contributed by atoms with Crippen LogP contribution in [0.25, 0.3) is 11.0 Å². The summed E-state index contributed by atoms with van der Waals surface area (Å²) in [5, 5.41) is 9.32. The van der Waals surface area contributed by atoms with Gasteiger partial charge in [-0.2, -0.15) is 11.8 Å². The lowest BCUT2D eigenvalue weighted by atomic mass is 10.1. The molecule has 3 rings (SSSR count). The molecule has 0 aliphatic carbocycles. The predicted octanol–water partition coefficient (Wildman–Crippen LogP) is 1.14. The fraction of sp³-hybridized carbons (Fsp3) is 0.357. The summed E-state index contributed by atoms with van der Waals surface area (Å²) in [7, 11) is 0. The summed E-state index contributed by atoms with van der Waals surface area (Å²) >= 11 is 1.81. The largest absolute Gasteiger partial charge is 0.478 e. The maximum absolute atomic E-state index is 12.2. The predicted molar refractivity (Wildman–Crippen MR) is 81.2 cm³/mol. The van der Waals surface area contributed by atoms with Crippen LogP contribution < -0.4 is 11.1 Å². The van der Waals surface area contributed by atoms with Crippen molar-refractivity contribution in [1.82, 2.24) is 9.55 Å². The van der Waals surface area contributed by atoms with Gasteiger partial charge in [0.1, 0.15) is 0 Å². The molecule has 1 atom stereocenters. The van der Waals surface area contributed by atoms with Gasteiger partial charge in [-0.1, -0.05) is 6.07 Å². The Labute approximate surface area is 123 Å². The number of carboxylic acids is 1. The molecule has 7 heteroatoms. The Morgan fingerprint density at radius 3 is 2.90 bits per heavy atom. The first-order valence-corrected chi connectivity index (χ1v) is 7.80. The van der Waals surface area contributed by atoms with Gasteiger partial charge in [-0.3, -0.25) is 9.59 Å². The van der Waals surface area contributed by atoms with Crippen molar-refractivity contribution in [3.8, 4) is 0 Å². The molecule has 0 spiro atoms. The minimum absolute atomic E-state index is 0.0338. The average molecular weight is 306 g/mol. The minimum Gasteiger partial charge on any atom is -0.478 e. The second kappa shape index (κ2) is 5.40. The van der Waals surface area contributed by atoms with Gasteiger partial charge in [0.25, 0.3) is 0 Å². The highest BCUT2D eigenvalue weighted by Gasteiger charge is 2.21. The van der Waals surface area contributed by atoms with E-state index in [1.807, 2.05) is 11.8 Å². The van der Waals surface area contributed by atoms with Gasteiger partial charge >= 0.3 is 17.1 Å². The second-order valence-electron chi connectivity index (χ2n) is 5.11. The Morgan fingerprint density at radius 1 is 1.43 bits per heavy atom. The maximum Gasteiger partial charge on any atom is 0.337 e. The maximum atomic E-state index is 12.2. The molecule has 0 radical (unpaired) electrons. The molecule has 1 saturated heterocycles. The number of thioether (sulfide) groups is 1. The summed E-state index contributed by atoms with van der Waals surface area (Å²) in [6.07, 6.45) is 0.973. The topological polar surface area (TPSA) is 92.2 Å². The average Bonchev–Trinajstić information content (AvgIpc) is 2.96. The number of rotatable bonds is 3. The number of hydrogen-bond acceptors (Lipinski definition) is 4. The van der Waals surface area contributed by atoms with Crippen LogP contribution in [0.2, 0.25) is 0 Å². The summed E-state index contributed by atoms with van der Waals surface area (Å²) in [4.78, 5) is 37.8. The van der Waals surface area contributed by atoms with Crippen LogP contribution >= 0.6 is 11.8 Å². The van der Waals surface area contributed by atoms with Gasteiger partial charge in [0, 0.05) is 6.54 Å². The smallest absolute Gasteiger partial charge is 0.337 e. The van der Waals surface area contributed by atoms with Crippen LogP contribution in [-0.2, 0) is 6.54 Å². The first kappa shape index (κ1) is 13.9. The van der Waals surface area contributed by atoms with Gasteiger partial charge in [0.15, 0.2) is 0 Å². The zero-order valence-corrected chi connectivity index (χ0v) is 12.0. The van der Waals surface area contributed by atoms with Crippen molar-refractivity contribution in [3.05, 3.63) is 44.5 Å². The molecule has 0 amide bonds. The van der Waals surface area contributed by atoms with E-state index in [1.165, 1.54) is 10.6 Å². The summed E-state index contributed by atoms with van der Waals surface area (Å²) in [6.45, 7) is 0.385. The molecule has 1 aliphatic heterocycles. The number of H-pyrrole nitrogens is 1. The first-order valence-electron chi connectivity index (χ1n) is 6.65. The van der Waals surface area contributed by atoms with Crippen molar-refractivity contribution in [2.24, 2.45) is 5.92 Å². The van der Waals surface area contributed by atoms with E-state index >= 15 is 0 Å². The summed E-state index contributed by atoms with van der Waals surface area (Å²) in [5.74, 6) is 1.14. The fourth-order valence-corrected chi connectivity index (χ4v) is 3.94. The highest BCUT2D eigenvalue weighted by Crippen LogP contribution is 2.25. The van der Waals surface area contributed by atoms with E-state index in [0.29, 0.717) is 23.5 Å². The molecule has 2 aromatic rings. The van der Waals surface area contributed by atoms with E-state index < -0.39 is 17.1 Å². The third-order valence-electron chi connectivity index (χ3n) is 3.69. The van der Waals surface area contributed by atoms with Crippen LogP contribution in [0.5, 0.6) is 0 Å². The normalized spacial score (nSPS) is 18.2. The zero-order valence-electron chi connectivity index (χ0n) is 11.2. The molecule has 21 heavy (non-hydrogen) atoms. The summed E-state index contributed by atoms with van der Waals surface area (Å²) in [6, 6.07) is 4.62. The van der Waals surface area contributed by atoms with Gasteiger partial charge in [0.05, 0.1) is 16.6 Å². The van der Waals surface area contributed by atoms with Crippen molar-refractivity contribution in [3.63, 3.8) is 0 Å². The van der Waals surface area contributed by atoms with Gasteiger partial charge in [-0.15, -0.1) is 0 Å². The molecule has 2 N–H and O–H groups in total. The van der Waals surface area contributed by atoms with Crippen molar-refractivity contribution in [2.45, 2.75) is 13.0 Å². The Morgan fingerprint density at radius 2 is 2.24 bits per heavy atom. The molecule has 110 valence electrons. The number of nitrogens with one attached hydrogen (secondary N) is 1. The van der Waals surface area contributed by atoms with Gasteiger partial charge in [0.2, 0.25) is 0 Å². The molecular formula is C14H14N2O4S. The van der Waals surface area contributed by atoms with Gasteiger partial charge in [-0.25, -0.2) is 4.79 Å². The van der Waals surface area contributed by atoms with E-state index in [9.17, 15) is 19.5 Å². The molecule has 0 bridgehead atoms. The molecule has 1 aromatic heterocycles. The lowest BCUT2D eigenvalue weighted by molar-refractivity contribution is 0.0698. The van der Waals surface area contributed by atoms with E-state index in [0.717, 1.165) is 17.9 Å². The number of carbonyl (C=O) groups is 1. The van der Waals surface area contributed by atoms with E-state index in [1.54, 1.807) is 12.1 Å². The van der Waals surface area contributed by atoms with Crippen LogP contribution in [0, 0.1) is 5.92 Å². The van der Waals surface area contributed by atoms with Crippen molar-refractivity contribution in [1.29, 1.82) is 0 Å². The molecule has 6 nitrogen and oxygen atoms in total. The third-order valence-corrected chi connectivity index (χ3v) is 4.92.